The summed E-state index contributed by atoms with van der Waals surface area (Å²) in [6.07, 6.45) is 0. The van der Waals surface area contributed by atoms with Crippen LogP contribution in [0.4, 0.5) is 0 Å². The van der Waals surface area contributed by atoms with Gasteiger partial charge in [0, 0.05) is 18.3 Å². The molecule has 0 radical (unpaired) electrons. The van der Waals surface area contributed by atoms with Gasteiger partial charge in [0.15, 0.2) is 9.84 Å². The number of ether oxygens (including phenoxy) is 1. The fraction of sp³-hybridized carbons (Fsp3) is 0.538. The van der Waals surface area contributed by atoms with Gasteiger partial charge in [-0.15, -0.1) is 12.4 Å². The maximum absolute atomic E-state index is 12.0. The molecule has 7 nitrogen and oxygen atoms in total. The van der Waals surface area contributed by atoms with E-state index in [1.54, 1.807) is 13.8 Å². The Morgan fingerprint density at radius 1 is 1.17 bits per heavy atom. The number of rotatable bonds is 9. The molecule has 0 heterocycles. The van der Waals surface area contributed by atoms with Crippen LogP contribution in [0.15, 0.2) is 29.2 Å². The first-order valence-electron chi connectivity index (χ1n) is 6.86. The van der Waals surface area contributed by atoms with Gasteiger partial charge in [0.2, 0.25) is 10.0 Å². The van der Waals surface area contributed by atoms with Crippen molar-refractivity contribution >= 4 is 32.3 Å². The lowest BCUT2D eigenvalue weighted by molar-refractivity contribution is 0.340. The molecule has 1 atom stereocenters. The van der Waals surface area contributed by atoms with Gasteiger partial charge >= 0.3 is 0 Å². The zero-order valence-electron chi connectivity index (χ0n) is 13.1. The van der Waals surface area contributed by atoms with Gasteiger partial charge < -0.3 is 10.5 Å². The van der Waals surface area contributed by atoms with Crippen LogP contribution in [0.2, 0.25) is 0 Å². The van der Waals surface area contributed by atoms with Gasteiger partial charge in [0.25, 0.3) is 0 Å². The minimum absolute atomic E-state index is 0. The smallest absolute Gasteiger partial charge is 0.240 e. The van der Waals surface area contributed by atoms with Crippen molar-refractivity contribution in [3.63, 3.8) is 0 Å². The first-order valence-corrected chi connectivity index (χ1v) is 10.2. The van der Waals surface area contributed by atoms with Crippen LogP contribution in [-0.2, 0) is 19.9 Å². The standard InChI is InChI=1S/C13H22N2O5S2.ClH/c1-3-21(16,17)9-8-20-12-4-6-13(7-5-12)22(18,19)15-11(2)10-14;/h4-7,11,15H,3,8-10,14H2,1-2H3;1H/t11-;/m0./s1. The molecule has 0 aliphatic carbocycles. The Morgan fingerprint density at radius 3 is 2.22 bits per heavy atom. The quantitative estimate of drug-likeness (QED) is 0.640. The summed E-state index contributed by atoms with van der Waals surface area (Å²) in [7, 11) is -6.70. The van der Waals surface area contributed by atoms with E-state index in [0.29, 0.717) is 5.75 Å². The number of hydrogen-bond acceptors (Lipinski definition) is 6. The highest BCUT2D eigenvalue weighted by molar-refractivity contribution is 7.91. The van der Waals surface area contributed by atoms with Crippen LogP contribution in [0.25, 0.3) is 0 Å². The molecular weight excluding hydrogens is 364 g/mol. The average molecular weight is 387 g/mol. The monoisotopic (exact) mass is 386 g/mol. The van der Waals surface area contributed by atoms with Crippen molar-refractivity contribution in [2.45, 2.75) is 24.8 Å². The Balaban J connectivity index is 0.00000484. The molecular formula is C13H23ClN2O5S2. The molecule has 0 amide bonds. The zero-order valence-corrected chi connectivity index (χ0v) is 15.5. The normalized spacial score (nSPS) is 13.2. The Morgan fingerprint density at radius 2 is 1.74 bits per heavy atom. The number of halogens is 1. The Kier molecular flexibility index (Phi) is 9.07. The van der Waals surface area contributed by atoms with Gasteiger partial charge in [0.05, 0.1) is 10.6 Å². The van der Waals surface area contributed by atoms with Crippen molar-refractivity contribution in [3.05, 3.63) is 24.3 Å². The van der Waals surface area contributed by atoms with Crippen molar-refractivity contribution in [1.82, 2.24) is 4.72 Å². The van der Waals surface area contributed by atoms with E-state index in [9.17, 15) is 16.8 Å². The molecule has 1 aromatic carbocycles. The molecule has 23 heavy (non-hydrogen) atoms. The fourth-order valence-electron chi connectivity index (χ4n) is 1.53. The number of hydrogen-bond donors (Lipinski definition) is 2. The Hall–Kier alpha value is -0.870. The predicted octanol–water partition coefficient (Wildman–Crippen LogP) is 0.547. The van der Waals surface area contributed by atoms with E-state index in [1.165, 1.54) is 24.3 Å². The van der Waals surface area contributed by atoms with Crippen molar-refractivity contribution in [1.29, 1.82) is 0 Å². The number of nitrogens with one attached hydrogen (secondary N) is 1. The topological polar surface area (TPSA) is 116 Å². The summed E-state index contributed by atoms with van der Waals surface area (Å²) in [5.41, 5.74) is 5.39. The maximum atomic E-state index is 12.0. The molecule has 10 heteroatoms. The molecule has 0 bridgehead atoms. The van der Waals surface area contributed by atoms with Gasteiger partial charge in [-0.05, 0) is 31.2 Å². The van der Waals surface area contributed by atoms with Crippen molar-refractivity contribution < 1.29 is 21.6 Å². The van der Waals surface area contributed by atoms with Crippen LogP contribution in [0.3, 0.4) is 0 Å². The van der Waals surface area contributed by atoms with Crippen LogP contribution in [-0.4, -0.2) is 47.5 Å². The van der Waals surface area contributed by atoms with Gasteiger partial charge in [-0.2, -0.15) is 0 Å². The zero-order chi connectivity index (χ0) is 16.8. The fourth-order valence-corrected chi connectivity index (χ4v) is 3.41. The van der Waals surface area contributed by atoms with Crippen LogP contribution in [0.5, 0.6) is 5.75 Å². The summed E-state index contributed by atoms with van der Waals surface area (Å²) >= 11 is 0. The highest BCUT2D eigenvalue weighted by Gasteiger charge is 2.16. The first kappa shape index (κ1) is 22.1. The summed E-state index contributed by atoms with van der Waals surface area (Å²) in [5, 5.41) is 0. The molecule has 134 valence electrons. The van der Waals surface area contributed by atoms with E-state index < -0.39 is 19.9 Å². The van der Waals surface area contributed by atoms with Crippen LogP contribution in [0, 0.1) is 0 Å². The van der Waals surface area contributed by atoms with Crippen molar-refractivity contribution in [3.8, 4) is 5.75 Å². The highest BCUT2D eigenvalue weighted by atomic mass is 35.5. The van der Waals surface area contributed by atoms with Gasteiger partial charge in [-0.25, -0.2) is 21.6 Å². The number of nitrogens with two attached hydrogens (primary N) is 1. The third kappa shape index (κ3) is 7.49. The van der Waals surface area contributed by atoms with Crippen molar-refractivity contribution in [2.75, 3.05) is 24.7 Å². The number of sulfone groups is 1. The van der Waals surface area contributed by atoms with E-state index in [1.807, 2.05) is 0 Å². The minimum atomic E-state index is -3.62. The molecule has 0 fully saturated rings. The van der Waals surface area contributed by atoms with Crippen LogP contribution >= 0.6 is 12.4 Å². The molecule has 0 aromatic heterocycles. The van der Waals surface area contributed by atoms with E-state index in [0.717, 1.165) is 0 Å². The van der Waals surface area contributed by atoms with Crippen molar-refractivity contribution in [2.24, 2.45) is 5.73 Å². The largest absolute Gasteiger partial charge is 0.493 e. The third-order valence-corrected chi connectivity index (χ3v) is 6.22. The minimum Gasteiger partial charge on any atom is -0.493 e. The van der Waals surface area contributed by atoms with E-state index in [2.05, 4.69) is 4.72 Å². The van der Waals surface area contributed by atoms with E-state index in [-0.39, 0.29) is 48.0 Å². The number of benzene rings is 1. The molecule has 1 aromatic rings. The second-order valence-electron chi connectivity index (χ2n) is 4.81. The molecule has 0 aliphatic heterocycles. The maximum Gasteiger partial charge on any atom is 0.240 e. The van der Waals surface area contributed by atoms with E-state index >= 15 is 0 Å². The van der Waals surface area contributed by atoms with Gasteiger partial charge in [0.1, 0.15) is 12.4 Å². The van der Waals surface area contributed by atoms with Gasteiger partial charge in [-0.1, -0.05) is 6.92 Å². The summed E-state index contributed by atoms with van der Waals surface area (Å²) in [4.78, 5) is 0.0985. The average Bonchev–Trinajstić information content (AvgIpc) is 2.47. The number of sulfonamides is 1. The van der Waals surface area contributed by atoms with Crippen LogP contribution < -0.4 is 15.2 Å². The lowest BCUT2D eigenvalue weighted by Crippen LogP contribution is -2.37. The summed E-state index contributed by atoms with van der Waals surface area (Å²) in [6.45, 7) is 3.48. The Bertz CT molecular complexity index is 675. The molecule has 0 aliphatic rings. The molecule has 0 spiro atoms. The Labute approximate surface area is 144 Å². The molecule has 0 saturated carbocycles. The molecule has 3 N–H and O–H groups in total. The molecule has 0 unspecified atom stereocenters. The first-order chi connectivity index (χ1) is 10.2. The SMILES string of the molecule is CCS(=O)(=O)CCOc1ccc(S(=O)(=O)N[C@@H](C)CN)cc1.Cl. The molecule has 1 rings (SSSR count). The lowest BCUT2D eigenvalue weighted by Gasteiger charge is -2.12. The second kappa shape index (κ2) is 9.43. The van der Waals surface area contributed by atoms with Crippen LogP contribution in [0.1, 0.15) is 13.8 Å². The van der Waals surface area contributed by atoms with Gasteiger partial charge in [-0.3, -0.25) is 0 Å². The third-order valence-electron chi connectivity index (χ3n) is 2.95. The summed E-state index contributed by atoms with van der Waals surface area (Å²) in [5.74, 6) is 0.412. The highest BCUT2D eigenvalue weighted by Crippen LogP contribution is 2.16. The lowest BCUT2D eigenvalue weighted by atomic mass is 10.3. The summed E-state index contributed by atoms with van der Waals surface area (Å²) < 4.78 is 54.4. The molecule has 0 saturated heterocycles. The predicted molar refractivity (Wildman–Crippen MR) is 92.4 cm³/mol. The second-order valence-corrected chi connectivity index (χ2v) is 9.00. The van der Waals surface area contributed by atoms with E-state index in [4.69, 9.17) is 10.5 Å². The summed E-state index contributed by atoms with van der Waals surface area (Å²) in [6, 6.07) is 5.41.